The first kappa shape index (κ1) is 11.9. The quantitative estimate of drug-likeness (QED) is 0.765. The van der Waals surface area contributed by atoms with Crippen molar-refractivity contribution in [1.29, 1.82) is 0 Å². The van der Waals surface area contributed by atoms with Gasteiger partial charge in [-0.1, -0.05) is 24.6 Å². The predicted octanol–water partition coefficient (Wildman–Crippen LogP) is 2.48. The average Bonchev–Trinajstić information content (AvgIpc) is 2.21. The van der Waals surface area contributed by atoms with Crippen LogP contribution >= 0.6 is 0 Å². The molecule has 0 bridgehead atoms. The normalized spacial score (nSPS) is 12.5. The van der Waals surface area contributed by atoms with E-state index < -0.39 is 0 Å². The van der Waals surface area contributed by atoms with E-state index in [0.29, 0.717) is 0 Å². The van der Waals surface area contributed by atoms with Gasteiger partial charge in [-0.15, -0.1) is 0 Å². The maximum Gasteiger partial charge on any atom is 0.179 e. The number of rotatable bonds is 4. The third-order valence-corrected chi connectivity index (χ3v) is 2.56. The van der Waals surface area contributed by atoms with Gasteiger partial charge in [0.15, 0.2) is 5.78 Å². The molecule has 0 amide bonds. The van der Waals surface area contributed by atoms with Crippen molar-refractivity contribution in [3.05, 3.63) is 34.9 Å². The summed E-state index contributed by atoms with van der Waals surface area (Å²) in [7, 11) is 0. The van der Waals surface area contributed by atoms with Crippen molar-refractivity contribution in [2.75, 3.05) is 6.54 Å². The van der Waals surface area contributed by atoms with E-state index in [0.717, 1.165) is 23.2 Å². The molecule has 0 aromatic heterocycles. The summed E-state index contributed by atoms with van der Waals surface area (Å²) in [6, 6.07) is 5.90. The Morgan fingerprint density at radius 2 is 2.07 bits per heavy atom. The molecule has 0 aliphatic heterocycles. The fourth-order valence-electron chi connectivity index (χ4n) is 1.63. The average molecular weight is 205 g/mol. The van der Waals surface area contributed by atoms with Gasteiger partial charge in [-0.05, 0) is 38.9 Å². The van der Waals surface area contributed by atoms with Gasteiger partial charge in [0.05, 0.1) is 6.04 Å². The smallest absolute Gasteiger partial charge is 0.179 e. The molecule has 0 aliphatic carbocycles. The summed E-state index contributed by atoms with van der Waals surface area (Å²) in [6.07, 6.45) is 0. The molecule has 1 rings (SSSR count). The van der Waals surface area contributed by atoms with E-state index in [1.807, 2.05) is 45.9 Å². The summed E-state index contributed by atoms with van der Waals surface area (Å²) >= 11 is 0. The second-order valence-electron chi connectivity index (χ2n) is 3.96. The lowest BCUT2D eigenvalue weighted by molar-refractivity contribution is 0.0951. The summed E-state index contributed by atoms with van der Waals surface area (Å²) < 4.78 is 0. The lowest BCUT2D eigenvalue weighted by Gasteiger charge is -2.13. The van der Waals surface area contributed by atoms with Crippen molar-refractivity contribution in [3.63, 3.8) is 0 Å². The van der Waals surface area contributed by atoms with Crippen LogP contribution in [-0.2, 0) is 0 Å². The Labute approximate surface area is 91.7 Å². The van der Waals surface area contributed by atoms with Gasteiger partial charge in [0.1, 0.15) is 0 Å². The SMILES string of the molecule is CCNC(C)C(=O)c1cc(C)ccc1C. The molecule has 0 saturated heterocycles. The summed E-state index contributed by atoms with van der Waals surface area (Å²) in [5, 5.41) is 3.14. The lowest BCUT2D eigenvalue weighted by Crippen LogP contribution is -2.34. The standard InChI is InChI=1S/C13H19NO/c1-5-14-11(4)13(15)12-8-9(2)6-7-10(12)3/h6-8,11,14H,5H2,1-4H3. The van der Waals surface area contributed by atoms with Gasteiger partial charge >= 0.3 is 0 Å². The van der Waals surface area contributed by atoms with E-state index in [2.05, 4.69) is 5.32 Å². The number of ketones is 1. The van der Waals surface area contributed by atoms with Crippen LogP contribution in [0.2, 0.25) is 0 Å². The van der Waals surface area contributed by atoms with Crippen LogP contribution in [0.25, 0.3) is 0 Å². The van der Waals surface area contributed by atoms with Gasteiger partial charge < -0.3 is 5.32 Å². The maximum atomic E-state index is 12.0. The fourth-order valence-corrected chi connectivity index (χ4v) is 1.63. The topological polar surface area (TPSA) is 29.1 Å². The van der Waals surface area contributed by atoms with Crippen LogP contribution in [0.3, 0.4) is 0 Å². The molecule has 0 spiro atoms. The number of Topliss-reactive ketones (excluding diaryl/α,β-unsaturated/α-hetero) is 1. The van der Waals surface area contributed by atoms with Crippen LogP contribution in [0, 0.1) is 13.8 Å². The van der Waals surface area contributed by atoms with Crippen LogP contribution in [-0.4, -0.2) is 18.4 Å². The number of carbonyl (C=O) groups is 1. The van der Waals surface area contributed by atoms with Gasteiger partial charge in [-0.2, -0.15) is 0 Å². The molecule has 1 aromatic carbocycles. The van der Waals surface area contributed by atoms with Crippen LogP contribution < -0.4 is 5.32 Å². The Hall–Kier alpha value is -1.15. The van der Waals surface area contributed by atoms with E-state index in [9.17, 15) is 4.79 Å². The molecule has 0 saturated carbocycles. The first-order valence-electron chi connectivity index (χ1n) is 5.41. The highest BCUT2D eigenvalue weighted by Gasteiger charge is 2.15. The van der Waals surface area contributed by atoms with Gasteiger partial charge in [-0.3, -0.25) is 4.79 Å². The third kappa shape index (κ3) is 2.90. The first-order chi connectivity index (χ1) is 7.06. The number of aryl methyl sites for hydroxylation is 2. The van der Waals surface area contributed by atoms with Gasteiger partial charge in [0, 0.05) is 5.56 Å². The van der Waals surface area contributed by atoms with Crippen molar-refractivity contribution < 1.29 is 4.79 Å². The van der Waals surface area contributed by atoms with Crippen LogP contribution in [0.4, 0.5) is 0 Å². The van der Waals surface area contributed by atoms with Crippen molar-refractivity contribution >= 4 is 5.78 Å². The number of hydrogen-bond acceptors (Lipinski definition) is 2. The van der Waals surface area contributed by atoms with Gasteiger partial charge in [0.2, 0.25) is 0 Å². The van der Waals surface area contributed by atoms with Gasteiger partial charge in [-0.25, -0.2) is 0 Å². The molecular weight excluding hydrogens is 186 g/mol. The minimum atomic E-state index is -0.101. The number of hydrogen-bond donors (Lipinski definition) is 1. The Morgan fingerprint density at radius 3 is 2.67 bits per heavy atom. The molecule has 1 aromatic rings. The maximum absolute atomic E-state index is 12.0. The monoisotopic (exact) mass is 205 g/mol. The largest absolute Gasteiger partial charge is 0.308 e. The summed E-state index contributed by atoms with van der Waals surface area (Å²) in [5.74, 6) is 0.179. The molecule has 82 valence electrons. The highest BCUT2D eigenvalue weighted by Crippen LogP contribution is 2.12. The molecule has 0 fully saturated rings. The molecule has 1 N–H and O–H groups in total. The molecule has 2 heteroatoms. The Bertz CT molecular complexity index is 358. The zero-order valence-electron chi connectivity index (χ0n) is 9.92. The van der Waals surface area contributed by atoms with E-state index >= 15 is 0 Å². The van der Waals surface area contributed by atoms with Crippen molar-refractivity contribution in [2.24, 2.45) is 0 Å². The zero-order chi connectivity index (χ0) is 11.4. The minimum absolute atomic E-state index is 0.101. The summed E-state index contributed by atoms with van der Waals surface area (Å²) in [5.41, 5.74) is 3.02. The van der Waals surface area contributed by atoms with Crippen LogP contribution in [0.5, 0.6) is 0 Å². The van der Waals surface area contributed by atoms with E-state index in [-0.39, 0.29) is 11.8 Å². The third-order valence-electron chi connectivity index (χ3n) is 2.56. The fraction of sp³-hybridized carbons (Fsp3) is 0.462. The van der Waals surface area contributed by atoms with Crippen molar-refractivity contribution in [1.82, 2.24) is 5.32 Å². The van der Waals surface area contributed by atoms with Gasteiger partial charge in [0.25, 0.3) is 0 Å². The Kier molecular flexibility index (Phi) is 4.04. The number of benzene rings is 1. The number of likely N-dealkylation sites (N-methyl/N-ethyl adjacent to an activating group) is 1. The second kappa shape index (κ2) is 5.08. The van der Waals surface area contributed by atoms with E-state index in [1.165, 1.54) is 0 Å². The second-order valence-corrected chi connectivity index (χ2v) is 3.96. The molecule has 1 atom stereocenters. The highest BCUT2D eigenvalue weighted by atomic mass is 16.1. The number of nitrogens with one attached hydrogen (secondary N) is 1. The molecule has 1 unspecified atom stereocenters. The Morgan fingerprint density at radius 1 is 1.40 bits per heavy atom. The van der Waals surface area contributed by atoms with Crippen molar-refractivity contribution in [3.8, 4) is 0 Å². The van der Waals surface area contributed by atoms with E-state index in [4.69, 9.17) is 0 Å². The summed E-state index contributed by atoms with van der Waals surface area (Å²) in [6.45, 7) is 8.72. The van der Waals surface area contributed by atoms with Crippen LogP contribution in [0.1, 0.15) is 35.3 Å². The zero-order valence-corrected chi connectivity index (χ0v) is 9.92. The lowest BCUT2D eigenvalue weighted by atomic mass is 9.98. The molecule has 15 heavy (non-hydrogen) atoms. The summed E-state index contributed by atoms with van der Waals surface area (Å²) in [4.78, 5) is 12.0. The molecule has 2 nitrogen and oxygen atoms in total. The first-order valence-corrected chi connectivity index (χ1v) is 5.41. The highest BCUT2D eigenvalue weighted by molar-refractivity contribution is 6.01. The molecular formula is C13H19NO. The molecule has 0 radical (unpaired) electrons. The molecule has 0 aliphatic rings. The Balaban J connectivity index is 2.95. The van der Waals surface area contributed by atoms with Crippen LogP contribution in [0.15, 0.2) is 18.2 Å². The predicted molar refractivity (Wildman–Crippen MR) is 63.4 cm³/mol. The number of carbonyl (C=O) groups excluding carboxylic acids is 1. The van der Waals surface area contributed by atoms with Crippen molar-refractivity contribution in [2.45, 2.75) is 33.7 Å². The van der Waals surface area contributed by atoms with E-state index in [1.54, 1.807) is 0 Å². The molecule has 0 heterocycles. The minimum Gasteiger partial charge on any atom is -0.308 e.